The van der Waals surface area contributed by atoms with Crippen molar-refractivity contribution in [2.24, 2.45) is 0 Å². The van der Waals surface area contributed by atoms with Crippen LogP contribution in [0.5, 0.6) is 0 Å². The van der Waals surface area contributed by atoms with Crippen LogP contribution in [0.15, 0.2) is 10.9 Å². The minimum atomic E-state index is -0.156. The summed E-state index contributed by atoms with van der Waals surface area (Å²) in [6.07, 6.45) is 0. The lowest BCUT2D eigenvalue weighted by Gasteiger charge is -1.87. The van der Waals surface area contributed by atoms with Gasteiger partial charge in [-0.3, -0.25) is 9.78 Å². The van der Waals surface area contributed by atoms with E-state index in [2.05, 4.69) is 22.2 Å². The molecule has 2 N–H and O–H groups in total. The first kappa shape index (κ1) is 10.1. The molecule has 1 aromatic heterocycles. The molecule has 0 aliphatic heterocycles. The predicted octanol–water partition coefficient (Wildman–Crippen LogP) is 1.77. The van der Waals surface area contributed by atoms with Crippen LogP contribution < -0.4 is 5.56 Å². The number of aromatic nitrogens is 2. The van der Waals surface area contributed by atoms with Gasteiger partial charge in [-0.2, -0.15) is 0 Å². The Bertz CT molecular complexity index is 284. The lowest BCUT2D eigenvalue weighted by molar-refractivity contribution is 1.04. The van der Waals surface area contributed by atoms with E-state index in [-0.39, 0.29) is 5.56 Å². The molecule has 1 rings (SSSR count). The standard InChI is InChI=1S/C5H6N2OS.C2H6/c1-3-2-4(8)7-5(9)6-3;1-2/h2H,1H3,(H2,6,7,8,9);1-2H3. The second-order valence-electron chi connectivity index (χ2n) is 1.77. The largest absolute Gasteiger partial charge is 0.336 e. The summed E-state index contributed by atoms with van der Waals surface area (Å²) < 4.78 is 0.375. The first-order chi connectivity index (χ1) is 5.18. The van der Waals surface area contributed by atoms with Crippen LogP contribution >= 0.6 is 12.2 Å². The lowest BCUT2D eigenvalue weighted by Crippen LogP contribution is -2.05. The summed E-state index contributed by atoms with van der Waals surface area (Å²) >= 11 is 4.68. The zero-order chi connectivity index (χ0) is 8.85. The smallest absolute Gasteiger partial charge is 0.251 e. The van der Waals surface area contributed by atoms with Crippen molar-refractivity contribution in [1.29, 1.82) is 0 Å². The first-order valence-corrected chi connectivity index (χ1v) is 3.89. The van der Waals surface area contributed by atoms with Gasteiger partial charge >= 0.3 is 0 Å². The van der Waals surface area contributed by atoms with Crippen molar-refractivity contribution in [2.45, 2.75) is 20.8 Å². The van der Waals surface area contributed by atoms with Crippen molar-refractivity contribution in [2.75, 3.05) is 0 Å². The van der Waals surface area contributed by atoms with E-state index in [0.29, 0.717) is 4.77 Å². The average molecular weight is 172 g/mol. The molecule has 1 heterocycles. The molecule has 3 nitrogen and oxygen atoms in total. The Labute approximate surface area is 70.5 Å². The van der Waals surface area contributed by atoms with E-state index in [0.717, 1.165) is 5.69 Å². The number of H-pyrrole nitrogens is 2. The molecule has 0 saturated heterocycles. The minimum Gasteiger partial charge on any atom is -0.336 e. The summed E-state index contributed by atoms with van der Waals surface area (Å²) in [5.74, 6) is 0. The molecule has 4 heteroatoms. The highest BCUT2D eigenvalue weighted by atomic mass is 32.1. The van der Waals surface area contributed by atoms with Gasteiger partial charge in [0.2, 0.25) is 0 Å². The molecule has 0 atom stereocenters. The average Bonchev–Trinajstić information content (AvgIpc) is 1.88. The van der Waals surface area contributed by atoms with Crippen LogP contribution in [-0.2, 0) is 0 Å². The zero-order valence-electron chi connectivity index (χ0n) is 6.89. The Balaban J connectivity index is 0.000000461. The maximum atomic E-state index is 10.6. The quantitative estimate of drug-likeness (QED) is 0.586. The number of aromatic amines is 2. The van der Waals surface area contributed by atoms with Gasteiger partial charge in [0.15, 0.2) is 4.77 Å². The molecule has 0 aliphatic carbocycles. The van der Waals surface area contributed by atoms with E-state index in [9.17, 15) is 4.79 Å². The number of nitrogens with one attached hydrogen (secondary N) is 2. The van der Waals surface area contributed by atoms with Gasteiger partial charge in [0, 0.05) is 11.8 Å². The Kier molecular flexibility index (Phi) is 4.45. The second-order valence-corrected chi connectivity index (χ2v) is 2.18. The van der Waals surface area contributed by atoms with Gasteiger partial charge in [-0.25, -0.2) is 0 Å². The molecule has 0 unspecified atom stereocenters. The number of hydrogen-bond acceptors (Lipinski definition) is 2. The highest BCUT2D eigenvalue weighted by Crippen LogP contribution is 1.81. The molecule has 0 radical (unpaired) electrons. The van der Waals surface area contributed by atoms with Crippen LogP contribution in [-0.4, -0.2) is 9.97 Å². The third-order valence-corrected chi connectivity index (χ3v) is 1.10. The maximum absolute atomic E-state index is 10.6. The van der Waals surface area contributed by atoms with Crippen molar-refractivity contribution in [3.8, 4) is 0 Å². The molecule has 62 valence electrons. The molecule has 0 aliphatic rings. The van der Waals surface area contributed by atoms with Crippen molar-refractivity contribution >= 4 is 12.2 Å². The van der Waals surface area contributed by atoms with Crippen LogP contribution in [0.4, 0.5) is 0 Å². The molecule has 0 amide bonds. The highest BCUT2D eigenvalue weighted by Gasteiger charge is 1.83. The summed E-state index contributed by atoms with van der Waals surface area (Å²) in [7, 11) is 0. The fourth-order valence-corrected chi connectivity index (χ4v) is 0.853. The second kappa shape index (κ2) is 4.85. The van der Waals surface area contributed by atoms with Crippen LogP contribution in [0, 0.1) is 11.7 Å². The Morgan fingerprint density at radius 1 is 1.36 bits per heavy atom. The molecule has 11 heavy (non-hydrogen) atoms. The van der Waals surface area contributed by atoms with Crippen molar-refractivity contribution in [3.63, 3.8) is 0 Å². The number of hydrogen-bond donors (Lipinski definition) is 2. The van der Waals surface area contributed by atoms with E-state index < -0.39 is 0 Å². The Morgan fingerprint density at radius 2 is 1.91 bits per heavy atom. The van der Waals surface area contributed by atoms with Gasteiger partial charge in [0.25, 0.3) is 5.56 Å². The topological polar surface area (TPSA) is 48.6 Å². The van der Waals surface area contributed by atoms with Crippen LogP contribution in [0.3, 0.4) is 0 Å². The Morgan fingerprint density at radius 3 is 2.27 bits per heavy atom. The van der Waals surface area contributed by atoms with Crippen molar-refractivity contribution < 1.29 is 0 Å². The summed E-state index contributed by atoms with van der Waals surface area (Å²) in [5, 5.41) is 0. The molecule has 0 aromatic carbocycles. The molecule has 0 bridgehead atoms. The molecule has 1 aromatic rings. The van der Waals surface area contributed by atoms with Gasteiger partial charge in [-0.15, -0.1) is 0 Å². The van der Waals surface area contributed by atoms with E-state index in [4.69, 9.17) is 0 Å². The summed E-state index contributed by atoms with van der Waals surface area (Å²) in [4.78, 5) is 15.8. The van der Waals surface area contributed by atoms with E-state index in [1.54, 1.807) is 6.92 Å². The monoisotopic (exact) mass is 172 g/mol. The third-order valence-electron chi connectivity index (χ3n) is 0.895. The van der Waals surface area contributed by atoms with Gasteiger partial charge in [-0.1, -0.05) is 13.8 Å². The van der Waals surface area contributed by atoms with Crippen LogP contribution in [0.25, 0.3) is 0 Å². The van der Waals surface area contributed by atoms with E-state index in [1.807, 2.05) is 13.8 Å². The zero-order valence-corrected chi connectivity index (χ0v) is 7.71. The molecular formula is C7H12N2OS. The number of rotatable bonds is 0. The van der Waals surface area contributed by atoms with Crippen LogP contribution in [0.1, 0.15) is 19.5 Å². The highest BCUT2D eigenvalue weighted by molar-refractivity contribution is 7.71. The lowest BCUT2D eigenvalue weighted by atomic mass is 10.5. The van der Waals surface area contributed by atoms with E-state index in [1.165, 1.54) is 6.07 Å². The molecule has 0 saturated carbocycles. The van der Waals surface area contributed by atoms with Crippen molar-refractivity contribution in [1.82, 2.24) is 9.97 Å². The fourth-order valence-electron chi connectivity index (χ4n) is 0.591. The van der Waals surface area contributed by atoms with Gasteiger partial charge in [-0.05, 0) is 19.1 Å². The summed E-state index contributed by atoms with van der Waals surface area (Å²) in [6.45, 7) is 5.78. The van der Waals surface area contributed by atoms with E-state index >= 15 is 0 Å². The number of aryl methyl sites for hydroxylation is 1. The van der Waals surface area contributed by atoms with Crippen LogP contribution in [0.2, 0.25) is 0 Å². The molecule has 0 fully saturated rings. The predicted molar refractivity (Wildman–Crippen MR) is 48.3 cm³/mol. The summed E-state index contributed by atoms with van der Waals surface area (Å²) in [6, 6.07) is 1.45. The molecular weight excluding hydrogens is 160 g/mol. The SMILES string of the molecule is CC.Cc1cc(=O)[nH]c(=S)[nH]1. The maximum Gasteiger partial charge on any atom is 0.251 e. The van der Waals surface area contributed by atoms with Gasteiger partial charge < -0.3 is 4.98 Å². The van der Waals surface area contributed by atoms with Gasteiger partial charge in [0.05, 0.1) is 0 Å². The fraction of sp³-hybridized carbons (Fsp3) is 0.429. The van der Waals surface area contributed by atoms with Crippen molar-refractivity contribution in [3.05, 3.63) is 26.9 Å². The first-order valence-electron chi connectivity index (χ1n) is 3.49. The minimum absolute atomic E-state index is 0.156. The third kappa shape index (κ3) is 3.72. The Hall–Kier alpha value is -0.900. The summed E-state index contributed by atoms with van der Waals surface area (Å²) in [5.41, 5.74) is 0.625. The molecule has 0 spiro atoms. The van der Waals surface area contributed by atoms with Gasteiger partial charge in [0.1, 0.15) is 0 Å². The normalized spacial score (nSPS) is 8.27.